The molecule has 1 aromatic rings. The Balaban J connectivity index is 2.92. The van der Waals surface area contributed by atoms with Crippen LogP contribution in [0.15, 0.2) is 12.1 Å². The molecule has 1 amide bonds. The fourth-order valence-electron chi connectivity index (χ4n) is 1.10. The molecule has 0 aliphatic heterocycles. The molecule has 0 aromatic heterocycles. The van der Waals surface area contributed by atoms with Gasteiger partial charge in [0.05, 0.1) is 12.8 Å². The molecular weight excluding hydrogens is 234 g/mol. The Kier molecular flexibility index (Phi) is 4.36. The van der Waals surface area contributed by atoms with Crippen molar-refractivity contribution in [2.75, 3.05) is 19.0 Å². The van der Waals surface area contributed by atoms with Crippen LogP contribution >= 0.6 is 0 Å². The van der Waals surface area contributed by atoms with E-state index in [4.69, 9.17) is 10.8 Å². The molecule has 0 spiro atoms. The number of carbonyl (C=O) groups is 1. The number of rotatable bonds is 4. The number of anilines is 1. The van der Waals surface area contributed by atoms with Crippen molar-refractivity contribution < 1.29 is 23.4 Å². The minimum Gasteiger partial charge on any atom is -0.494 e. The number of aliphatic hydroxyl groups excluding tert-OH is 1. The van der Waals surface area contributed by atoms with Crippen molar-refractivity contribution in [3.05, 3.63) is 23.8 Å². The molecule has 1 aromatic carbocycles. The maximum absolute atomic E-state index is 13.4. The van der Waals surface area contributed by atoms with E-state index < -0.39 is 23.6 Å². The van der Waals surface area contributed by atoms with Gasteiger partial charge < -0.3 is 20.9 Å². The third kappa shape index (κ3) is 3.11. The van der Waals surface area contributed by atoms with Crippen molar-refractivity contribution in [1.82, 2.24) is 0 Å². The smallest absolute Gasteiger partial charge is 0.254 e. The molecule has 0 saturated carbocycles. The first kappa shape index (κ1) is 13.3. The number of benzene rings is 1. The summed E-state index contributed by atoms with van der Waals surface area (Å²) in [7, 11) is 1.19. The molecule has 0 heterocycles. The number of hydrogen-bond acceptors (Lipinski definition) is 4. The third-order valence-electron chi connectivity index (χ3n) is 2.03. The van der Waals surface area contributed by atoms with E-state index in [1.165, 1.54) is 7.11 Å². The van der Waals surface area contributed by atoms with Crippen molar-refractivity contribution in [3.63, 3.8) is 0 Å². The quantitative estimate of drug-likeness (QED) is 0.710. The van der Waals surface area contributed by atoms with Gasteiger partial charge in [0.25, 0.3) is 5.91 Å². The van der Waals surface area contributed by atoms with Crippen LogP contribution in [0.3, 0.4) is 0 Å². The second kappa shape index (κ2) is 5.55. The van der Waals surface area contributed by atoms with Crippen molar-refractivity contribution in [2.24, 2.45) is 5.73 Å². The molecule has 94 valence electrons. The molecular formula is C10H12F2N2O3. The topological polar surface area (TPSA) is 84.6 Å². The molecule has 1 unspecified atom stereocenters. The van der Waals surface area contributed by atoms with Gasteiger partial charge >= 0.3 is 0 Å². The van der Waals surface area contributed by atoms with Crippen molar-refractivity contribution in [2.45, 2.75) is 6.10 Å². The lowest BCUT2D eigenvalue weighted by Gasteiger charge is -2.11. The molecule has 0 fully saturated rings. The number of aliphatic hydroxyl groups is 1. The van der Waals surface area contributed by atoms with E-state index in [1.807, 2.05) is 5.32 Å². The number of hydrogen-bond donors (Lipinski definition) is 3. The molecule has 0 aliphatic carbocycles. The van der Waals surface area contributed by atoms with Crippen LogP contribution in [0.25, 0.3) is 0 Å². The highest BCUT2D eigenvalue weighted by molar-refractivity contribution is 5.94. The first-order chi connectivity index (χ1) is 7.99. The molecule has 0 aliphatic rings. The Bertz CT molecular complexity index is 426. The summed E-state index contributed by atoms with van der Waals surface area (Å²) in [6.07, 6.45) is -1.47. The van der Waals surface area contributed by atoms with E-state index in [1.54, 1.807) is 0 Å². The van der Waals surface area contributed by atoms with Gasteiger partial charge in [-0.25, -0.2) is 8.78 Å². The Morgan fingerprint density at radius 3 is 2.71 bits per heavy atom. The van der Waals surface area contributed by atoms with Gasteiger partial charge in [0, 0.05) is 18.7 Å². The van der Waals surface area contributed by atoms with Crippen LogP contribution in [0.1, 0.15) is 0 Å². The molecule has 4 N–H and O–H groups in total. The van der Waals surface area contributed by atoms with Gasteiger partial charge in [0.2, 0.25) is 0 Å². The molecule has 5 nitrogen and oxygen atoms in total. The minimum absolute atomic E-state index is 0.278. The van der Waals surface area contributed by atoms with Gasteiger partial charge in [-0.2, -0.15) is 0 Å². The highest BCUT2D eigenvalue weighted by Gasteiger charge is 2.17. The summed E-state index contributed by atoms with van der Waals surface area (Å²) in [5.41, 5.74) is 4.65. The molecule has 0 bridgehead atoms. The predicted octanol–water partition coefficient (Wildman–Crippen LogP) is 0.231. The fourth-order valence-corrected chi connectivity index (χ4v) is 1.10. The molecule has 0 radical (unpaired) electrons. The minimum atomic E-state index is -1.47. The summed E-state index contributed by atoms with van der Waals surface area (Å²) >= 11 is 0. The van der Waals surface area contributed by atoms with E-state index in [-0.39, 0.29) is 18.0 Å². The van der Waals surface area contributed by atoms with Gasteiger partial charge in [0.15, 0.2) is 17.4 Å². The second-order valence-corrected chi connectivity index (χ2v) is 3.21. The summed E-state index contributed by atoms with van der Waals surface area (Å²) in [6, 6.07) is 1.55. The summed E-state index contributed by atoms with van der Waals surface area (Å²) in [6.45, 7) is -0.313. The van der Waals surface area contributed by atoms with Crippen LogP contribution in [0, 0.1) is 11.6 Å². The molecule has 17 heavy (non-hydrogen) atoms. The number of nitrogens with two attached hydrogens (primary N) is 1. The largest absolute Gasteiger partial charge is 0.494 e. The predicted molar refractivity (Wildman–Crippen MR) is 56.6 cm³/mol. The van der Waals surface area contributed by atoms with Crippen LogP contribution in [-0.4, -0.2) is 30.8 Å². The van der Waals surface area contributed by atoms with Gasteiger partial charge in [-0.1, -0.05) is 0 Å². The maximum atomic E-state index is 13.4. The zero-order chi connectivity index (χ0) is 13.0. The third-order valence-corrected chi connectivity index (χ3v) is 2.03. The van der Waals surface area contributed by atoms with E-state index in [0.29, 0.717) is 0 Å². The van der Waals surface area contributed by atoms with Crippen LogP contribution < -0.4 is 15.8 Å². The number of halogens is 2. The zero-order valence-corrected chi connectivity index (χ0v) is 9.04. The van der Waals surface area contributed by atoms with Crippen LogP contribution in [-0.2, 0) is 4.79 Å². The summed E-state index contributed by atoms with van der Waals surface area (Å²) in [5, 5.41) is 11.1. The Hall–Kier alpha value is -1.73. The average molecular weight is 246 g/mol. The first-order valence-electron chi connectivity index (χ1n) is 4.71. The van der Waals surface area contributed by atoms with Crippen LogP contribution in [0.4, 0.5) is 14.5 Å². The monoisotopic (exact) mass is 246 g/mol. The summed E-state index contributed by atoms with van der Waals surface area (Å²) < 4.78 is 31.2. The lowest BCUT2D eigenvalue weighted by molar-refractivity contribution is -0.123. The van der Waals surface area contributed by atoms with Crippen molar-refractivity contribution in [3.8, 4) is 5.75 Å². The SMILES string of the molecule is COc1cc(F)c(NC(=O)C(O)CN)cc1F. The van der Waals surface area contributed by atoms with Crippen molar-refractivity contribution in [1.29, 1.82) is 0 Å². The lowest BCUT2D eigenvalue weighted by Crippen LogP contribution is -2.34. The summed E-state index contributed by atoms with van der Waals surface area (Å²) in [5.74, 6) is -2.89. The van der Waals surface area contributed by atoms with Gasteiger partial charge in [-0.15, -0.1) is 0 Å². The normalized spacial score (nSPS) is 12.1. The van der Waals surface area contributed by atoms with Gasteiger partial charge in [-0.3, -0.25) is 4.79 Å². The molecule has 0 saturated heterocycles. The highest BCUT2D eigenvalue weighted by atomic mass is 19.1. The van der Waals surface area contributed by atoms with E-state index in [2.05, 4.69) is 4.74 Å². The number of carbonyl (C=O) groups excluding carboxylic acids is 1. The van der Waals surface area contributed by atoms with Gasteiger partial charge in [0.1, 0.15) is 6.10 Å². The number of amides is 1. The Labute approximate surface area is 96.2 Å². The first-order valence-corrected chi connectivity index (χ1v) is 4.71. The standard InChI is InChI=1S/C10H12F2N2O3/c1-17-9-3-5(11)7(2-6(9)12)14-10(16)8(15)4-13/h2-3,8,15H,4,13H2,1H3,(H,14,16). The average Bonchev–Trinajstić information content (AvgIpc) is 2.32. The number of ether oxygens (including phenoxy) is 1. The Morgan fingerprint density at radius 1 is 1.53 bits per heavy atom. The van der Waals surface area contributed by atoms with Gasteiger partial charge in [-0.05, 0) is 0 Å². The number of methoxy groups -OCH3 is 1. The maximum Gasteiger partial charge on any atom is 0.254 e. The fraction of sp³-hybridized carbons (Fsp3) is 0.300. The molecule has 1 atom stereocenters. The van der Waals surface area contributed by atoms with E-state index >= 15 is 0 Å². The zero-order valence-electron chi connectivity index (χ0n) is 9.04. The van der Waals surface area contributed by atoms with Crippen molar-refractivity contribution >= 4 is 11.6 Å². The molecule has 1 rings (SSSR count). The Morgan fingerprint density at radius 2 is 2.18 bits per heavy atom. The van der Waals surface area contributed by atoms with Crippen LogP contribution in [0.5, 0.6) is 5.75 Å². The highest BCUT2D eigenvalue weighted by Crippen LogP contribution is 2.24. The molecule has 7 heteroatoms. The van der Waals surface area contributed by atoms with E-state index in [9.17, 15) is 13.6 Å². The number of nitrogens with one attached hydrogen (secondary N) is 1. The van der Waals surface area contributed by atoms with E-state index in [0.717, 1.165) is 12.1 Å². The lowest BCUT2D eigenvalue weighted by atomic mass is 10.2. The van der Waals surface area contributed by atoms with Crippen LogP contribution in [0.2, 0.25) is 0 Å². The summed E-state index contributed by atoms with van der Waals surface area (Å²) in [4.78, 5) is 11.2. The second-order valence-electron chi connectivity index (χ2n) is 3.21.